The minimum absolute atomic E-state index is 0.0229. The van der Waals surface area contributed by atoms with Gasteiger partial charge < -0.3 is 26.4 Å². The molecule has 0 saturated carbocycles. The van der Waals surface area contributed by atoms with Crippen LogP contribution in [-0.4, -0.2) is 88.9 Å². The molecule has 0 aliphatic heterocycles. The Morgan fingerprint density at radius 3 is 1.57 bits per heavy atom. The number of anilines is 2. The highest BCUT2D eigenvalue weighted by molar-refractivity contribution is 5.89. The largest absolute Gasteiger partial charge is 0.444 e. The van der Waals surface area contributed by atoms with Gasteiger partial charge in [0.05, 0.1) is 36.3 Å². The van der Waals surface area contributed by atoms with Crippen LogP contribution in [0.1, 0.15) is 43.3 Å². The first-order chi connectivity index (χ1) is 29.0. The summed E-state index contributed by atoms with van der Waals surface area (Å²) in [4.78, 5) is 55.1. The van der Waals surface area contributed by atoms with Crippen molar-refractivity contribution in [2.75, 3.05) is 24.7 Å². The maximum atomic E-state index is 13.3. The number of aromatic nitrogens is 8. The van der Waals surface area contributed by atoms with Gasteiger partial charge in [0.2, 0.25) is 11.9 Å². The number of ether oxygens (including phenoxy) is 1. The molecule has 2 aromatic carbocycles. The number of halogens is 2. The molecule has 4 aromatic heterocycles. The van der Waals surface area contributed by atoms with Gasteiger partial charge in [-0.1, -0.05) is 24.3 Å². The Morgan fingerprint density at radius 2 is 1.13 bits per heavy atom. The predicted octanol–water partition coefficient (Wildman–Crippen LogP) is 5.05. The van der Waals surface area contributed by atoms with Crippen LogP contribution in [0.15, 0.2) is 85.2 Å². The van der Waals surface area contributed by atoms with E-state index in [2.05, 4.69) is 46.1 Å². The minimum Gasteiger partial charge on any atom is -0.444 e. The summed E-state index contributed by atoms with van der Waals surface area (Å²) < 4.78 is 34.9. The van der Waals surface area contributed by atoms with E-state index in [0.29, 0.717) is 52.4 Å². The number of rotatable bonds is 15. The Morgan fingerprint density at radius 1 is 0.689 bits per heavy atom. The molecule has 0 spiro atoms. The first kappa shape index (κ1) is 45.1. The lowest BCUT2D eigenvalue weighted by atomic mass is 9.99. The number of ketones is 2. The number of nitrogens with zero attached hydrogens (tertiary/aromatic N) is 8. The third-order valence-corrected chi connectivity index (χ3v) is 9.16. The van der Waals surface area contributed by atoms with Crippen molar-refractivity contribution in [3.63, 3.8) is 0 Å². The van der Waals surface area contributed by atoms with Crippen LogP contribution in [0.3, 0.4) is 0 Å². The zero-order valence-electron chi connectivity index (χ0n) is 35.1. The fourth-order valence-corrected chi connectivity index (χ4v) is 5.99. The number of nitrogens with one attached hydrogen (secondary N) is 3. The van der Waals surface area contributed by atoms with Crippen LogP contribution in [0.4, 0.5) is 25.5 Å². The standard InChI is InChI=1S/C24H29FN6O3.C19H21FN6O/c1-24(2,3)34-23(33)29-20(12-15-6-8-16(25)9-7-15)21(32)14-17-13-19(30-31(17)5)18-10-11-27-22(26-4)28-18;1-22-19-23-8-7-16(24-19)17-10-14(26(2)25-17)11-18(27)15(21)9-12-3-5-13(20)6-4-12/h6-11,13,20H,12,14H2,1-5H3,(H,29,33)(H,26,27,28);3-8,10,15H,9,11,21H2,1-2H3,(H,22,23,24)/t20-;15-/m00/s1. The monoisotopic (exact) mass is 836 g/mol. The fourth-order valence-electron chi connectivity index (χ4n) is 5.99. The van der Waals surface area contributed by atoms with E-state index in [0.717, 1.165) is 11.3 Å². The van der Waals surface area contributed by atoms with Crippen LogP contribution >= 0.6 is 0 Å². The lowest BCUT2D eigenvalue weighted by Crippen LogP contribution is -2.45. The SMILES string of the molecule is CNc1nccc(-c2cc(CC(=O)[C@@H](N)Cc3ccc(F)cc3)n(C)n2)n1.CNc1nccc(-c2cc(CC(=O)[C@H](Cc3ccc(F)cc3)NC(=O)OC(C)(C)C)n(C)n2)n1. The van der Waals surface area contributed by atoms with Crippen molar-refractivity contribution < 1.29 is 27.9 Å². The summed E-state index contributed by atoms with van der Waals surface area (Å²) in [5.74, 6) is -0.0675. The normalized spacial score (nSPS) is 12.1. The second kappa shape index (κ2) is 20.3. The minimum atomic E-state index is -0.867. The summed E-state index contributed by atoms with van der Waals surface area (Å²) in [6, 6.07) is 17.4. The molecule has 16 nitrogen and oxygen atoms in total. The van der Waals surface area contributed by atoms with Crippen LogP contribution in [0, 0.1) is 11.6 Å². The molecule has 6 aromatic rings. The summed E-state index contributed by atoms with van der Waals surface area (Å²) >= 11 is 0. The first-order valence-corrected chi connectivity index (χ1v) is 19.4. The van der Waals surface area contributed by atoms with Crippen molar-refractivity contribution in [2.24, 2.45) is 19.8 Å². The molecule has 0 saturated heterocycles. The van der Waals surface area contributed by atoms with E-state index in [1.165, 1.54) is 24.3 Å². The van der Waals surface area contributed by atoms with Crippen molar-refractivity contribution in [2.45, 2.75) is 64.1 Å². The lowest BCUT2D eigenvalue weighted by Gasteiger charge is -2.23. The molecule has 1 amide bonds. The molecule has 0 fully saturated rings. The number of nitrogens with two attached hydrogens (primary N) is 1. The maximum Gasteiger partial charge on any atom is 0.408 e. The van der Waals surface area contributed by atoms with E-state index < -0.39 is 23.8 Å². The Bertz CT molecular complexity index is 2430. The number of amides is 1. The number of hydrogen-bond acceptors (Lipinski definition) is 13. The molecule has 2 atom stereocenters. The van der Waals surface area contributed by atoms with Crippen LogP contribution in [0.2, 0.25) is 0 Å². The van der Waals surface area contributed by atoms with Gasteiger partial charge in [0.1, 0.15) is 28.6 Å². The molecular weight excluding hydrogens is 787 g/mol. The number of Topliss-reactive ketones (excluding diaryl/α,β-unsaturated/α-hetero) is 2. The van der Waals surface area contributed by atoms with Gasteiger partial charge >= 0.3 is 6.09 Å². The van der Waals surface area contributed by atoms with Crippen molar-refractivity contribution in [3.05, 3.63) is 119 Å². The molecule has 0 unspecified atom stereocenters. The van der Waals surface area contributed by atoms with E-state index >= 15 is 0 Å². The molecule has 5 N–H and O–H groups in total. The number of hydrogen-bond donors (Lipinski definition) is 4. The summed E-state index contributed by atoms with van der Waals surface area (Å²) in [7, 11) is 6.98. The van der Waals surface area contributed by atoms with Gasteiger partial charge in [0.15, 0.2) is 11.6 Å². The van der Waals surface area contributed by atoms with Gasteiger partial charge in [-0.05, 0) is 93.3 Å². The number of aryl methyl sites for hydroxylation is 2. The third kappa shape index (κ3) is 13.3. The number of carbonyl (C=O) groups excluding carboxylic acids is 3. The number of alkyl carbamates (subject to hydrolysis) is 1. The van der Waals surface area contributed by atoms with Gasteiger partial charge in [-0.15, -0.1) is 0 Å². The Labute approximate surface area is 352 Å². The summed E-state index contributed by atoms with van der Waals surface area (Å²) in [5, 5.41) is 17.3. The van der Waals surface area contributed by atoms with Gasteiger partial charge in [-0.3, -0.25) is 19.0 Å². The Kier molecular flexibility index (Phi) is 15.1. The van der Waals surface area contributed by atoms with Crippen LogP contribution < -0.4 is 21.7 Å². The van der Waals surface area contributed by atoms with E-state index in [-0.39, 0.29) is 42.5 Å². The molecule has 4 heterocycles. The average molecular weight is 837 g/mol. The van der Waals surface area contributed by atoms with E-state index in [1.807, 2.05) is 6.07 Å². The zero-order valence-corrected chi connectivity index (χ0v) is 35.1. The predicted molar refractivity (Wildman–Crippen MR) is 226 cm³/mol. The summed E-state index contributed by atoms with van der Waals surface area (Å²) in [6.45, 7) is 5.23. The molecular formula is C43H50F2N12O4. The molecule has 0 radical (unpaired) electrons. The number of benzene rings is 2. The van der Waals surface area contributed by atoms with Crippen molar-refractivity contribution in [1.29, 1.82) is 0 Å². The topological polar surface area (TPSA) is 210 Å². The van der Waals surface area contributed by atoms with E-state index in [4.69, 9.17) is 10.5 Å². The fraction of sp³-hybridized carbons (Fsp3) is 0.326. The first-order valence-electron chi connectivity index (χ1n) is 19.4. The third-order valence-electron chi connectivity index (χ3n) is 9.16. The molecule has 18 heteroatoms. The van der Waals surface area contributed by atoms with Gasteiger partial charge in [0.25, 0.3) is 0 Å². The second-order valence-corrected chi connectivity index (χ2v) is 15.1. The molecule has 61 heavy (non-hydrogen) atoms. The van der Waals surface area contributed by atoms with Gasteiger partial charge in [-0.25, -0.2) is 33.5 Å². The molecule has 0 aliphatic rings. The van der Waals surface area contributed by atoms with Crippen molar-refractivity contribution >= 4 is 29.6 Å². The smallest absolute Gasteiger partial charge is 0.408 e. The lowest BCUT2D eigenvalue weighted by molar-refractivity contribution is -0.121. The maximum absolute atomic E-state index is 13.3. The quantitative estimate of drug-likeness (QED) is 0.107. The highest BCUT2D eigenvalue weighted by Gasteiger charge is 2.26. The molecule has 320 valence electrons. The Balaban J connectivity index is 0.000000237. The highest BCUT2D eigenvalue weighted by atomic mass is 19.1. The van der Waals surface area contributed by atoms with E-state index in [9.17, 15) is 23.2 Å². The average Bonchev–Trinajstić information content (AvgIpc) is 3.79. The number of carbonyl (C=O) groups is 3. The van der Waals surface area contributed by atoms with E-state index in [1.54, 1.807) is 113 Å². The van der Waals surface area contributed by atoms with Crippen LogP contribution in [0.25, 0.3) is 22.8 Å². The van der Waals surface area contributed by atoms with Crippen LogP contribution in [-0.2, 0) is 54.1 Å². The van der Waals surface area contributed by atoms with Crippen LogP contribution in [0.5, 0.6) is 0 Å². The van der Waals surface area contributed by atoms with Crippen molar-refractivity contribution in [1.82, 2.24) is 44.8 Å². The summed E-state index contributed by atoms with van der Waals surface area (Å²) in [6.07, 6.45) is 3.31. The van der Waals surface area contributed by atoms with Gasteiger partial charge in [0, 0.05) is 52.0 Å². The molecule has 0 aliphatic carbocycles. The van der Waals surface area contributed by atoms with Gasteiger partial charge in [-0.2, -0.15) is 10.2 Å². The Hall–Kier alpha value is -6.95. The summed E-state index contributed by atoms with van der Waals surface area (Å²) in [5.41, 5.74) is 10.8. The molecule has 6 rings (SSSR count). The van der Waals surface area contributed by atoms with Crippen molar-refractivity contribution in [3.8, 4) is 22.8 Å². The molecule has 0 bridgehead atoms. The highest BCUT2D eigenvalue weighted by Crippen LogP contribution is 2.20. The zero-order chi connectivity index (χ0) is 44.3. The second-order valence-electron chi connectivity index (χ2n) is 15.1.